The second-order valence-corrected chi connectivity index (χ2v) is 6.56. The van der Waals surface area contributed by atoms with Crippen LogP contribution in [0.5, 0.6) is 0 Å². The topological polar surface area (TPSA) is 48.1 Å². The Morgan fingerprint density at radius 3 is 2.68 bits per heavy atom. The van der Waals surface area contributed by atoms with Crippen LogP contribution in [0.15, 0.2) is 12.1 Å². The first-order valence-corrected chi connectivity index (χ1v) is 8.34. The van der Waals surface area contributed by atoms with E-state index in [1.54, 1.807) is 0 Å². The number of aryl methyl sites for hydroxylation is 3. The molecular weight excluding hydrogens is 274 g/mol. The molecule has 0 bridgehead atoms. The Kier molecular flexibility index (Phi) is 3.41. The highest BCUT2D eigenvalue weighted by atomic mass is 16.2. The molecule has 1 aromatic heterocycles. The monoisotopic (exact) mass is 297 g/mol. The molecule has 1 aliphatic heterocycles. The minimum absolute atomic E-state index is 0.256. The number of aromatic nitrogens is 1. The number of carbonyl (C=O) groups excluding carboxylic acids is 1. The van der Waals surface area contributed by atoms with Crippen LogP contribution in [0.4, 0.5) is 0 Å². The van der Waals surface area contributed by atoms with Gasteiger partial charge in [0.05, 0.1) is 6.42 Å². The summed E-state index contributed by atoms with van der Waals surface area (Å²) in [5, 5.41) is 4.55. The number of amides is 1. The highest BCUT2D eigenvalue weighted by Crippen LogP contribution is 2.30. The molecule has 4 heteroatoms. The number of hydrogen-bond acceptors (Lipinski definition) is 2. The average molecular weight is 297 g/mol. The molecule has 1 aromatic carbocycles. The number of carbonyl (C=O) groups is 1. The third kappa shape index (κ3) is 2.31. The van der Waals surface area contributed by atoms with Gasteiger partial charge in [0, 0.05) is 42.8 Å². The molecule has 4 nitrogen and oxygen atoms in total. The van der Waals surface area contributed by atoms with Gasteiger partial charge in [0.1, 0.15) is 0 Å². The van der Waals surface area contributed by atoms with Gasteiger partial charge < -0.3 is 15.2 Å². The predicted octanol–water partition coefficient (Wildman–Crippen LogP) is 1.94. The first kappa shape index (κ1) is 13.8. The number of H-pyrrole nitrogens is 1. The summed E-state index contributed by atoms with van der Waals surface area (Å²) in [7, 11) is 0. The maximum atomic E-state index is 12.6. The quantitative estimate of drug-likeness (QED) is 0.890. The molecule has 116 valence electrons. The highest BCUT2D eigenvalue weighted by Gasteiger charge is 2.21. The van der Waals surface area contributed by atoms with Gasteiger partial charge in [0.25, 0.3) is 0 Å². The number of nitrogens with zero attached hydrogens (tertiary/aromatic N) is 1. The average Bonchev–Trinajstić information content (AvgIpc) is 3.10. The molecule has 22 heavy (non-hydrogen) atoms. The summed E-state index contributed by atoms with van der Waals surface area (Å²) in [6, 6.07) is 4.62. The van der Waals surface area contributed by atoms with Crippen molar-refractivity contribution in [3.8, 4) is 0 Å². The van der Waals surface area contributed by atoms with Crippen molar-refractivity contribution >= 4 is 16.8 Å². The molecule has 0 atom stereocenters. The third-order valence-corrected chi connectivity index (χ3v) is 5.13. The van der Waals surface area contributed by atoms with Crippen molar-refractivity contribution in [2.75, 3.05) is 26.2 Å². The molecule has 1 aliphatic carbocycles. The third-order valence-electron chi connectivity index (χ3n) is 5.13. The van der Waals surface area contributed by atoms with Gasteiger partial charge in [-0.05, 0) is 55.0 Å². The number of hydrogen-bond donors (Lipinski definition) is 2. The van der Waals surface area contributed by atoms with Gasteiger partial charge in [-0.15, -0.1) is 0 Å². The Bertz CT molecular complexity index is 725. The molecular formula is C18H23N3O. The fourth-order valence-electron chi connectivity index (χ4n) is 3.86. The first-order valence-electron chi connectivity index (χ1n) is 8.34. The number of aromatic amines is 1. The lowest BCUT2D eigenvalue weighted by Gasteiger charge is -2.27. The molecule has 2 aromatic rings. The second-order valence-electron chi connectivity index (χ2n) is 6.56. The van der Waals surface area contributed by atoms with Crippen LogP contribution >= 0.6 is 0 Å². The molecule has 1 saturated heterocycles. The van der Waals surface area contributed by atoms with Crippen molar-refractivity contribution in [2.24, 2.45) is 0 Å². The van der Waals surface area contributed by atoms with Crippen molar-refractivity contribution < 1.29 is 4.79 Å². The van der Waals surface area contributed by atoms with Crippen LogP contribution in [0.25, 0.3) is 10.9 Å². The molecule has 1 amide bonds. The maximum absolute atomic E-state index is 12.6. The lowest BCUT2D eigenvalue weighted by atomic mass is 10.0. The van der Waals surface area contributed by atoms with Crippen molar-refractivity contribution in [1.82, 2.24) is 15.2 Å². The fourth-order valence-corrected chi connectivity index (χ4v) is 3.86. The van der Waals surface area contributed by atoms with Gasteiger partial charge in [0.15, 0.2) is 0 Å². The van der Waals surface area contributed by atoms with Crippen LogP contribution in [0.2, 0.25) is 0 Å². The first-order chi connectivity index (χ1) is 10.7. The van der Waals surface area contributed by atoms with E-state index in [-0.39, 0.29) is 5.91 Å². The lowest BCUT2D eigenvalue weighted by molar-refractivity contribution is -0.131. The molecule has 0 radical (unpaired) electrons. The van der Waals surface area contributed by atoms with Crippen molar-refractivity contribution in [2.45, 2.75) is 32.6 Å². The Morgan fingerprint density at radius 2 is 1.91 bits per heavy atom. The minimum atomic E-state index is 0.256. The van der Waals surface area contributed by atoms with E-state index in [2.05, 4.69) is 29.4 Å². The van der Waals surface area contributed by atoms with Gasteiger partial charge in [-0.1, -0.05) is 0 Å². The Balaban J connectivity index is 1.66. The smallest absolute Gasteiger partial charge is 0.227 e. The fraction of sp³-hybridized carbons (Fsp3) is 0.500. The molecule has 2 aliphatic rings. The van der Waals surface area contributed by atoms with Crippen molar-refractivity contribution in [3.05, 3.63) is 34.5 Å². The van der Waals surface area contributed by atoms with E-state index in [9.17, 15) is 4.79 Å². The number of fused-ring (bicyclic) bond motifs is 2. The summed E-state index contributed by atoms with van der Waals surface area (Å²) in [5.41, 5.74) is 6.48. The molecule has 0 unspecified atom stereocenters. The normalized spacial score (nSPS) is 18.0. The maximum Gasteiger partial charge on any atom is 0.227 e. The highest BCUT2D eigenvalue weighted by molar-refractivity contribution is 5.91. The largest absolute Gasteiger partial charge is 0.358 e. The van der Waals surface area contributed by atoms with Gasteiger partial charge in [-0.25, -0.2) is 0 Å². The lowest BCUT2D eigenvalue weighted by Crippen LogP contribution is -2.46. The van der Waals surface area contributed by atoms with Gasteiger partial charge in [-0.3, -0.25) is 4.79 Å². The summed E-state index contributed by atoms with van der Waals surface area (Å²) < 4.78 is 0. The summed E-state index contributed by atoms with van der Waals surface area (Å²) >= 11 is 0. The van der Waals surface area contributed by atoms with E-state index in [1.807, 2.05) is 4.90 Å². The van der Waals surface area contributed by atoms with Crippen molar-refractivity contribution in [3.63, 3.8) is 0 Å². The van der Waals surface area contributed by atoms with Crippen LogP contribution in [-0.4, -0.2) is 42.0 Å². The number of benzene rings is 1. The van der Waals surface area contributed by atoms with Crippen LogP contribution in [-0.2, 0) is 24.1 Å². The van der Waals surface area contributed by atoms with Crippen LogP contribution in [0.1, 0.15) is 28.8 Å². The van der Waals surface area contributed by atoms with Gasteiger partial charge in [-0.2, -0.15) is 0 Å². The van der Waals surface area contributed by atoms with E-state index in [4.69, 9.17) is 0 Å². The number of nitrogens with one attached hydrogen (secondary N) is 2. The van der Waals surface area contributed by atoms with Gasteiger partial charge >= 0.3 is 0 Å². The molecule has 0 spiro atoms. The van der Waals surface area contributed by atoms with E-state index in [0.717, 1.165) is 31.9 Å². The predicted molar refractivity (Wildman–Crippen MR) is 88.2 cm³/mol. The molecule has 2 N–H and O–H groups in total. The van der Waals surface area contributed by atoms with Crippen LogP contribution in [0.3, 0.4) is 0 Å². The minimum Gasteiger partial charge on any atom is -0.358 e. The Morgan fingerprint density at radius 1 is 1.18 bits per heavy atom. The summed E-state index contributed by atoms with van der Waals surface area (Å²) in [6.45, 7) is 5.56. The number of rotatable bonds is 2. The summed E-state index contributed by atoms with van der Waals surface area (Å²) in [4.78, 5) is 18.0. The van der Waals surface area contributed by atoms with E-state index >= 15 is 0 Å². The van der Waals surface area contributed by atoms with Crippen LogP contribution < -0.4 is 5.32 Å². The van der Waals surface area contributed by atoms with Crippen LogP contribution in [0, 0.1) is 6.92 Å². The molecule has 4 rings (SSSR count). The Hall–Kier alpha value is -1.81. The number of piperazine rings is 1. The second kappa shape index (κ2) is 5.43. The molecule has 1 fully saturated rings. The Labute approximate surface area is 130 Å². The van der Waals surface area contributed by atoms with E-state index in [0.29, 0.717) is 6.42 Å². The summed E-state index contributed by atoms with van der Waals surface area (Å²) in [5.74, 6) is 0.256. The van der Waals surface area contributed by atoms with E-state index in [1.165, 1.54) is 46.9 Å². The van der Waals surface area contributed by atoms with Gasteiger partial charge in [0.2, 0.25) is 5.91 Å². The molecule has 0 saturated carbocycles. The zero-order valence-electron chi connectivity index (χ0n) is 13.2. The molecule has 2 heterocycles. The SMILES string of the molecule is Cc1[nH]c2cc3c(cc2c1CC(=O)N1CCNCC1)CCC3. The van der Waals surface area contributed by atoms with E-state index < -0.39 is 0 Å². The zero-order valence-corrected chi connectivity index (χ0v) is 13.2. The van der Waals surface area contributed by atoms with Crippen molar-refractivity contribution in [1.29, 1.82) is 0 Å². The zero-order chi connectivity index (χ0) is 15.1. The summed E-state index contributed by atoms with van der Waals surface area (Å²) in [6.07, 6.45) is 4.15. The standard InChI is InChI=1S/C18H23N3O/c1-12-15(11-18(22)21-7-5-19-6-8-21)16-9-13-3-2-4-14(13)10-17(16)20-12/h9-10,19-20H,2-8,11H2,1H3.